The van der Waals surface area contributed by atoms with Gasteiger partial charge in [0.25, 0.3) is 0 Å². The highest BCUT2D eigenvalue weighted by Crippen LogP contribution is 2.12. The summed E-state index contributed by atoms with van der Waals surface area (Å²) < 4.78 is 21.2. The van der Waals surface area contributed by atoms with Crippen LogP contribution in [0.3, 0.4) is 0 Å². The van der Waals surface area contributed by atoms with E-state index in [0.29, 0.717) is 11.5 Å². The van der Waals surface area contributed by atoms with Crippen LogP contribution in [0.5, 0.6) is 0 Å². The van der Waals surface area contributed by atoms with Gasteiger partial charge < -0.3 is 11.1 Å². The number of nitrogens with two attached hydrogens (primary N) is 2. The van der Waals surface area contributed by atoms with Crippen molar-refractivity contribution in [1.29, 1.82) is 0 Å². The zero-order valence-corrected chi connectivity index (χ0v) is 8.29. The van der Waals surface area contributed by atoms with E-state index in [1.165, 1.54) is 0 Å². The number of nitrogen functional groups attached to an aromatic ring is 1. The first-order chi connectivity index (χ1) is 6.49. The van der Waals surface area contributed by atoms with Crippen LogP contribution in [0, 0.1) is 0 Å². The molecule has 0 aromatic carbocycles. The van der Waals surface area contributed by atoms with Gasteiger partial charge >= 0.3 is 0 Å². The smallest absolute Gasteiger partial charge is 0.210 e. The highest BCUT2D eigenvalue weighted by atomic mass is 32.2. The van der Waals surface area contributed by atoms with Crippen LogP contribution in [0.2, 0.25) is 0 Å². The van der Waals surface area contributed by atoms with Crippen molar-refractivity contribution in [3.63, 3.8) is 0 Å². The Morgan fingerprint density at radius 3 is 2.79 bits per heavy atom. The average molecular weight is 216 g/mol. The zero-order chi connectivity index (χ0) is 10.6. The van der Waals surface area contributed by atoms with Crippen molar-refractivity contribution in [3.8, 4) is 0 Å². The average Bonchev–Trinajstić information content (AvgIpc) is 2.06. The molecule has 0 bridgehead atoms. The van der Waals surface area contributed by atoms with Crippen molar-refractivity contribution in [2.24, 2.45) is 5.14 Å². The molecule has 1 rings (SSSR count). The van der Waals surface area contributed by atoms with Crippen molar-refractivity contribution in [2.75, 3.05) is 23.3 Å². The molecule has 0 aliphatic rings. The van der Waals surface area contributed by atoms with E-state index in [2.05, 4.69) is 10.3 Å². The van der Waals surface area contributed by atoms with Crippen LogP contribution in [0.15, 0.2) is 18.3 Å². The number of hydrogen-bond donors (Lipinski definition) is 3. The number of anilines is 2. The third-order valence-electron chi connectivity index (χ3n) is 1.54. The lowest BCUT2D eigenvalue weighted by atomic mass is 10.4. The second-order valence-electron chi connectivity index (χ2n) is 2.73. The van der Waals surface area contributed by atoms with E-state index in [9.17, 15) is 8.42 Å². The summed E-state index contributed by atoms with van der Waals surface area (Å²) in [4.78, 5) is 3.83. The molecule has 0 saturated heterocycles. The number of pyridine rings is 1. The molecular weight excluding hydrogens is 204 g/mol. The number of hydrogen-bond acceptors (Lipinski definition) is 5. The maximum atomic E-state index is 10.6. The van der Waals surface area contributed by atoms with Crippen molar-refractivity contribution in [3.05, 3.63) is 18.3 Å². The van der Waals surface area contributed by atoms with E-state index in [0.717, 1.165) is 0 Å². The van der Waals surface area contributed by atoms with Crippen LogP contribution in [0.1, 0.15) is 0 Å². The molecule has 14 heavy (non-hydrogen) atoms. The van der Waals surface area contributed by atoms with Gasteiger partial charge in [0, 0.05) is 12.7 Å². The lowest BCUT2D eigenvalue weighted by Gasteiger charge is -2.06. The summed E-state index contributed by atoms with van der Waals surface area (Å²) in [5, 5.41) is 7.65. The van der Waals surface area contributed by atoms with Gasteiger partial charge in [-0.2, -0.15) is 0 Å². The number of nitrogens with one attached hydrogen (secondary N) is 1. The van der Waals surface area contributed by atoms with Crippen molar-refractivity contribution >= 4 is 21.5 Å². The Hall–Kier alpha value is -1.34. The van der Waals surface area contributed by atoms with E-state index in [1.54, 1.807) is 18.3 Å². The highest BCUT2D eigenvalue weighted by Gasteiger charge is 2.03. The lowest BCUT2D eigenvalue weighted by Crippen LogP contribution is -2.22. The van der Waals surface area contributed by atoms with Gasteiger partial charge in [-0.1, -0.05) is 0 Å². The summed E-state index contributed by atoms with van der Waals surface area (Å²) in [6.45, 7) is 0.217. The summed E-state index contributed by atoms with van der Waals surface area (Å²) in [5.41, 5.74) is 6.12. The molecule has 1 aromatic rings. The van der Waals surface area contributed by atoms with Crippen LogP contribution in [-0.2, 0) is 10.0 Å². The quantitative estimate of drug-likeness (QED) is 0.620. The number of primary sulfonamides is 1. The Morgan fingerprint density at radius 2 is 2.21 bits per heavy atom. The fraction of sp³-hybridized carbons (Fsp3) is 0.286. The molecule has 5 N–H and O–H groups in total. The largest absolute Gasteiger partial charge is 0.382 e. The Kier molecular flexibility index (Phi) is 3.26. The Morgan fingerprint density at radius 1 is 1.50 bits per heavy atom. The Bertz CT molecular complexity index is 404. The predicted molar refractivity (Wildman–Crippen MR) is 55.1 cm³/mol. The zero-order valence-electron chi connectivity index (χ0n) is 7.47. The minimum Gasteiger partial charge on any atom is -0.382 e. The molecule has 1 aromatic heterocycles. The molecule has 7 heteroatoms. The topological polar surface area (TPSA) is 111 Å². The summed E-state index contributed by atoms with van der Waals surface area (Å²) >= 11 is 0. The van der Waals surface area contributed by atoms with Gasteiger partial charge in [0.15, 0.2) is 0 Å². The third-order valence-corrected chi connectivity index (χ3v) is 2.31. The molecule has 0 amide bonds. The molecular formula is C7H12N4O2S. The molecule has 0 radical (unpaired) electrons. The molecule has 0 aliphatic carbocycles. The molecule has 78 valence electrons. The molecule has 0 saturated carbocycles. The van der Waals surface area contributed by atoms with Gasteiger partial charge in [-0.25, -0.2) is 18.5 Å². The summed E-state index contributed by atoms with van der Waals surface area (Å²) in [6, 6.07) is 3.42. The van der Waals surface area contributed by atoms with Crippen LogP contribution >= 0.6 is 0 Å². The van der Waals surface area contributed by atoms with Gasteiger partial charge in [-0.05, 0) is 12.1 Å². The molecule has 0 atom stereocenters. The minimum absolute atomic E-state index is 0.138. The van der Waals surface area contributed by atoms with Crippen LogP contribution < -0.4 is 16.2 Å². The lowest BCUT2D eigenvalue weighted by molar-refractivity contribution is 0.598. The predicted octanol–water partition coefficient (Wildman–Crippen LogP) is -0.636. The second kappa shape index (κ2) is 4.25. The van der Waals surface area contributed by atoms with Crippen LogP contribution in [-0.4, -0.2) is 25.7 Å². The van der Waals surface area contributed by atoms with E-state index in [-0.39, 0.29) is 12.3 Å². The Labute approximate surface area is 82.4 Å². The Balaban J connectivity index is 2.51. The molecule has 6 nitrogen and oxygen atoms in total. The summed E-state index contributed by atoms with van der Waals surface area (Å²) in [6.07, 6.45) is 1.56. The van der Waals surface area contributed by atoms with E-state index in [4.69, 9.17) is 10.9 Å². The highest BCUT2D eigenvalue weighted by molar-refractivity contribution is 7.89. The molecule has 1 heterocycles. The fourth-order valence-electron chi connectivity index (χ4n) is 0.895. The number of sulfonamides is 1. The van der Waals surface area contributed by atoms with Gasteiger partial charge in [0.1, 0.15) is 5.82 Å². The SMILES string of the molecule is Nc1ncccc1NCCS(N)(=O)=O. The standard InChI is InChI=1S/C7H12N4O2S/c8-7-6(2-1-3-11-7)10-4-5-14(9,12)13/h1-3,10H,4-5H2,(H2,8,11)(H2,9,12,13). The first-order valence-electron chi connectivity index (χ1n) is 3.94. The number of aromatic nitrogens is 1. The van der Waals surface area contributed by atoms with E-state index < -0.39 is 10.0 Å². The number of rotatable bonds is 4. The maximum absolute atomic E-state index is 10.6. The molecule has 0 aliphatic heterocycles. The minimum atomic E-state index is -3.43. The summed E-state index contributed by atoms with van der Waals surface area (Å²) in [7, 11) is -3.43. The second-order valence-corrected chi connectivity index (χ2v) is 4.46. The van der Waals surface area contributed by atoms with Crippen LogP contribution in [0.25, 0.3) is 0 Å². The third kappa shape index (κ3) is 3.58. The van der Waals surface area contributed by atoms with Crippen molar-refractivity contribution < 1.29 is 8.42 Å². The normalized spacial score (nSPS) is 11.2. The maximum Gasteiger partial charge on any atom is 0.210 e. The first kappa shape index (κ1) is 10.7. The van der Waals surface area contributed by atoms with Gasteiger partial charge in [-0.15, -0.1) is 0 Å². The molecule has 0 unspecified atom stereocenters. The van der Waals surface area contributed by atoms with E-state index in [1.807, 2.05) is 0 Å². The fourth-order valence-corrected chi connectivity index (χ4v) is 1.28. The van der Waals surface area contributed by atoms with Gasteiger partial charge in [0.2, 0.25) is 10.0 Å². The first-order valence-corrected chi connectivity index (χ1v) is 5.65. The van der Waals surface area contributed by atoms with Crippen molar-refractivity contribution in [2.45, 2.75) is 0 Å². The molecule has 0 spiro atoms. The monoisotopic (exact) mass is 216 g/mol. The summed E-state index contributed by atoms with van der Waals surface area (Å²) in [5.74, 6) is 0.198. The van der Waals surface area contributed by atoms with Crippen LogP contribution in [0.4, 0.5) is 11.5 Å². The van der Waals surface area contributed by atoms with E-state index >= 15 is 0 Å². The van der Waals surface area contributed by atoms with Gasteiger partial charge in [0.05, 0.1) is 11.4 Å². The number of nitrogens with zero attached hydrogens (tertiary/aromatic N) is 1. The molecule has 0 fully saturated rings. The van der Waals surface area contributed by atoms with Gasteiger partial charge in [-0.3, -0.25) is 0 Å². The van der Waals surface area contributed by atoms with Crippen molar-refractivity contribution in [1.82, 2.24) is 4.98 Å².